The molecule has 11 heavy (non-hydrogen) atoms. The summed E-state index contributed by atoms with van der Waals surface area (Å²) in [7, 11) is 0. The zero-order valence-electron chi connectivity index (χ0n) is 6.95. The van der Waals surface area contributed by atoms with Crippen molar-refractivity contribution in [3.63, 3.8) is 0 Å². The third-order valence-electron chi connectivity index (χ3n) is 1.69. The van der Waals surface area contributed by atoms with Crippen molar-refractivity contribution in [3.8, 4) is 0 Å². The van der Waals surface area contributed by atoms with Crippen molar-refractivity contribution in [2.45, 2.75) is 19.4 Å². The summed E-state index contributed by atoms with van der Waals surface area (Å²) in [5.74, 6) is 0.0243. The van der Waals surface area contributed by atoms with Crippen LogP contribution in [-0.4, -0.2) is 17.0 Å². The highest BCUT2D eigenvalue weighted by atomic mass is 16.3. The maximum Gasteiger partial charge on any atom is 0.142 e. The molecule has 0 saturated carbocycles. The van der Waals surface area contributed by atoms with Gasteiger partial charge in [-0.3, -0.25) is 4.79 Å². The third-order valence-corrected chi connectivity index (χ3v) is 1.69. The number of carbonyl (C=O) groups excluding carboxylic acids is 1. The van der Waals surface area contributed by atoms with Crippen molar-refractivity contribution in [2.75, 3.05) is 0 Å². The Kier molecular flexibility index (Phi) is 3.76. The first-order valence-corrected chi connectivity index (χ1v) is 3.55. The maximum atomic E-state index is 9.96. The molecule has 2 heteroatoms. The van der Waals surface area contributed by atoms with Gasteiger partial charge in [-0.1, -0.05) is 26.5 Å². The van der Waals surface area contributed by atoms with E-state index >= 15 is 0 Å². The lowest BCUT2D eigenvalue weighted by atomic mass is 9.90. The number of aldehydes is 1. The number of hydrogen-bond donors (Lipinski definition) is 1. The van der Waals surface area contributed by atoms with E-state index in [-0.39, 0.29) is 5.92 Å². The van der Waals surface area contributed by atoms with Gasteiger partial charge in [0, 0.05) is 0 Å². The molecule has 1 unspecified atom stereocenters. The second-order valence-corrected chi connectivity index (χ2v) is 2.74. The van der Waals surface area contributed by atoms with E-state index in [0.717, 1.165) is 0 Å². The predicted octanol–water partition coefficient (Wildman–Crippen LogP) is 1.31. The summed E-state index contributed by atoms with van der Waals surface area (Å²) in [6, 6.07) is 0. The minimum Gasteiger partial charge on any atom is -0.381 e. The molecule has 0 fully saturated rings. The zero-order chi connectivity index (χ0) is 8.91. The Morgan fingerprint density at radius 2 is 2.09 bits per heavy atom. The molecule has 0 spiro atoms. The van der Waals surface area contributed by atoms with Crippen LogP contribution in [0.2, 0.25) is 0 Å². The average molecular weight is 154 g/mol. The van der Waals surface area contributed by atoms with Crippen molar-refractivity contribution in [2.24, 2.45) is 5.92 Å². The SMILES string of the molecule is C=CC(O)(/C=C/C=O)C(C)C. The van der Waals surface area contributed by atoms with Crippen LogP contribution in [0.25, 0.3) is 0 Å². The summed E-state index contributed by atoms with van der Waals surface area (Å²) in [5.41, 5.74) is -1.05. The monoisotopic (exact) mass is 154 g/mol. The lowest BCUT2D eigenvalue weighted by Gasteiger charge is -2.24. The zero-order valence-corrected chi connectivity index (χ0v) is 6.95. The topological polar surface area (TPSA) is 37.3 Å². The molecule has 0 aliphatic rings. The van der Waals surface area contributed by atoms with Gasteiger partial charge < -0.3 is 5.11 Å². The second kappa shape index (κ2) is 4.09. The molecule has 2 nitrogen and oxygen atoms in total. The molecule has 1 atom stereocenters. The Hall–Kier alpha value is -0.890. The van der Waals surface area contributed by atoms with Gasteiger partial charge in [0.2, 0.25) is 0 Å². The van der Waals surface area contributed by atoms with Crippen molar-refractivity contribution in [3.05, 3.63) is 24.8 Å². The van der Waals surface area contributed by atoms with Gasteiger partial charge in [-0.2, -0.15) is 0 Å². The summed E-state index contributed by atoms with van der Waals surface area (Å²) in [5, 5.41) is 9.66. The molecule has 0 rings (SSSR count). The molecule has 0 radical (unpaired) electrons. The number of carbonyl (C=O) groups is 1. The van der Waals surface area contributed by atoms with E-state index in [4.69, 9.17) is 0 Å². The van der Waals surface area contributed by atoms with Gasteiger partial charge in [-0.25, -0.2) is 0 Å². The van der Waals surface area contributed by atoms with Crippen LogP contribution < -0.4 is 0 Å². The highest BCUT2D eigenvalue weighted by Gasteiger charge is 2.22. The van der Waals surface area contributed by atoms with E-state index in [1.165, 1.54) is 18.2 Å². The lowest BCUT2D eigenvalue weighted by molar-refractivity contribution is -0.104. The molecule has 0 amide bonds. The quantitative estimate of drug-likeness (QED) is 0.376. The smallest absolute Gasteiger partial charge is 0.142 e. The van der Waals surface area contributed by atoms with Crippen LogP contribution in [0.3, 0.4) is 0 Å². The van der Waals surface area contributed by atoms with Crippen LogP contribution >= 0.6 is 0 Å². The Bertz CT molecular complexity index is 170. The average Bonchev–Trinajstić information content (AvgIpc) is 2.00. The fraction of sp³-hybridized carbons (Fsp3) is 0.444. The summed E-state index contributed by atoms with van der Waals surface area (Å²) in [6.07, 6.45) is 4.79. The Labute approximate surface area is 67.2 Å². The molecule has 0 aromatic rings. The molecular weight excluding hydrogens is 140 g/mol. The standard InChI is InChI=1S/C9H14O2/c1-4-9(11,8(2)3)6-5-7-10/h4-8,11H,1H2,2-3H3/b6-5+. The molecular formula is C9H14O2. The Morgan fingerprint density at radius 1 is 1.55 bits per heavy atom. The fourth-order valence-corrected chi connectivity index (χ4v) is 0.690. The van der Waals surface area contributed by atoms with Gasteiger partial charge in [-0.15, -0.1) is 0 Å². The van der Waals surface area contributed by atoms with Crippen LogP contribution in [-0.2, 0) is 4.79 Å². The van der Waals surface area contributed by atoms with Gasteiger partial charge in [0.1, 0.15) is 11.9 Å². The van der Waals surface area contributed by atoms with Crippen molar-refractivity contribution in [1.29, 1.82) is 0 Å². The minimum absolute atomic E-state index is 0.0243. The number of hydrogen-bond acceptors (Lipinski definition) is 2. The second-order valence-electron chi connectivity index (χ2n) is 2.74. The highest BCUT2D eigenvalue weighted by molar-refractivity contribution is 5.65. The molecule has 0 aliphatic carbocycles. The van der Waals surface area contributed by atoms with Gasteiger partial charge in [0.25, 0.3) is 0 Å². The lowest BCUT2D eigenvalue weighted by Crippen LogP contribution is -2.29. The van der Waals surface area contributed by atoms with Gasteiger partial charge in [-0.05, 0) is 18.1 Å². The van der Waals surface area contributed by atoms with Crippen LogP contribution in [0.15, 0.2) is 24.8 Å². The largest absolute Gasteiger partial charge is 0.381 e. The summed E-state index contributed by atoms with van der Waals surface area (Å²) in [6.45, 7) is 7.21. The third kappa shape index (κ3) is 2.68. The molecule has 0 saturated heterocycles. The van der Waals surface area contributed by atoms with Crippen molar-refractivity contribution >= 4 is 6.29 Å². The first-order valence-electron chi connectivity index (χ1n) is 3.55. The molecule has 62 valence electrons. The van der Waals surface area contributed by atoms with Crippen LogP contribution in [0, 0.1) is 5.92 Å². The van der Waals surface area contributed by atoms with E-state index in [9.17, 15) is 9.90 Å². The molecule has 0 aliphatic heterocycles. The summed E-state index contributed by atoms with van der Waals surface area (Å²) >= 11 is 0. The summed E-state index contributed by atoms with van der Waals surface area (Å²) < 4.78 is 0. The maximum absolute atomic E-state index is 9.96. The van der Waals surface area contributed by atoms with Crippen LogP contribution in [0.1, 0.15) is 13.8 Å². The van der Waals surface area contributed by atoms with E-state index in [2.05, 4.69) is 6.58 Å². The van der Waals surface area contributed by atoms with Crippen molar-refractivity contribution < 1.29 is 9.90 Å². The highest BCUT2D eigenvalue weighted by Crippen LogP contribution is 2.19. The minimum atomic E-state index is -1.05. The Balaban J connectivity index is 4.45. The number of aliphatic hydroxyl groups is 1. The summed E-state index contributed by atoms with van der Waals surface area (Å²) in [4.78, 5) is 9.96. The van der Waals surface area contributed by atoms with Gasteiger partial charge >= 0.3 is 0 Å². The normalized spacial score (nSPS) is 16.7. The van der Waals surface area contributed by atoms with Gasteiger partial charge in [0.15, 0.2) is 0 Å². The Morgan fingerprint density at radius 3 is 2.36 bits per heavy atom. The first-order chi connectivity index (χ1) is 5.06. The molecule has 0 aromatic carbocycles. The molecule has 0 aromatic heterocycles. The van der Waals surface area contributed by atoms with Crippen molar-refractivity contribution in [1.82, 2.24) is 0 Å². The fourth-order valence-electron chi connectivity index (χ4n) is 0.690. The van der Waals surface area contributed by atoms with Gasteiger partial charge in [0.05, 0.1) is 0 Å². The number of allylic oxidation sites excluding steroid dienone is 1. The molecule has 0 heterocycles. The number of rotatable bonds is 4. The molecule has 1 N–H and O–H groups in total. The van der Waals surface area contributed by atoms with E-state index in [1.807, 2.05) is 13.8 Å². The van der Waals surface area contributed by atoms with E-state index in [1.54, 1.807) is 0 Å². The first kappa shape index (κ1) is 10.1. The van der Waals surface area contributed by atoms with E-state index in [0.29, 0.717) is 6.29 Å². The van der Waals surface area contributed by atoms with Crippen LogP contribution in [0.5, 0.6) is 0 Å². The predicted molar refractivity (Wildman–Crippen MR) is 45.2 cm³/mol. The molecule has 0 bridgehead atoms. The van der Waals surface area contributed by atoms with Crippen LogP contribution in [0.4, 0.5) is 0 Å². The van der Waals surface area contributed by atoms with E-state index < -0.39 is 5.60 Å².